The van der Waals surface area contributed by atoms with Crippen molar-refractivity contribution in [3.05, 3.63) is 40.2 Å². The highest BCUT2D eigenvalue weighted by atomic mass is 16.5. The van der Waals surface area contributed by atoms with Crippen molar-refractivity contribution in [2.45, 2.75) is 26.9 Å². The largest absolute Gasteiger partial charge is 0.491 e. The van der Waals surface area contributed by atoms with Crippen molar-refractivity contribution in [3.63, 3.8) is 0 Å². The highest BCUT2D eigenvalue weighted by Gasteiger charge is 2.08. The molecular formula is C14H15NO3. The smallest absolute Gasteiger partial charge is 0.259 e. The summed E-state index contributed by atoms with van der Waals surface area (Å²) in [4.78, 5) is 25.6. The van der Waals surface area contributed by atoms with Gasteiger partial charge in [-0.25, -0.2) is 0 Å². The fourth-order valence-corrected chi connectivity index (χ4v) is 1.79. The lowest BCUT2D eigenvalue weighted by atomic mass is 10.1. The van der Waals surface area contributed by atoms with Gasteiger partial charge in [-0.05, 0) is 45.0 Å². The molecule has 94 valence electrons. The van der Waals surface area contributed by atoms with Crippen molar-refractivity contribution in [2.24, 2.45) is 0 Å². The Morgan fingerprint density at radius 1 is 1.28 bits per heavy atom. The van der Waals surface area contributed by atoms with Crippen molar-refractivity contribution >= 4 is 16.7 Å². The Hall–Kier alpha value is -2.10. The monoisotopic (exact) mass is 245 g/mol. The number of hydrogen-bond donors (Lipinski definition) is 1. The van der Waals surface area contributed by atoms with Gasteiger partial charge in [0.1, 0.15) is 5.75 Å². The Morgan fingerprint density at radius 3 is 2.61 bits per heavy atom. The number of H-pyrrole nitrogens is 1. The number of carbonyl (C=O) groups is 1. The second-order valence-corrected chi connectivity index (χ2v) is 4.48. The highest BCUT2D eigenvalue weighted by Crippen LogP contribution is 2.20. The van der Waals surface area contributed by atoms with Gasteiger partial charge in [0.05, 0.1) is 11.7 Å². The maximum atomic E-state index is 11.6. The average molecular weight is 245 g/mol. The van der Waals surface area contributed by atoms with Crippen LogP contribution in [0.5, 0.6) is 5.75 Å². The Bertz CT molecular complexity index is 656. The maximum Gasteiger partial charge on any atom is 0.259 e. The molecule has 1 heterocycles. The Balaban J connectivity index is 2.58. The molecule has 0 fully saturated rings. The molecule has 0 saturated carbocycles. The van der Waals surface area contributed by atoms with Crippen LogP contribution in [0.25, 0.3) is 10.9 Å². The number of ketones is 1. The third-order valence-corrected chi connectivity index (χ3v) is 2.57. The van der Waals surface area contributed by atoms with Gasteiger partial charge in [-0.15, -0.1) is 0 Å². The third-order valence-electron chi connectivity index (χ3n) is 2.57. The number of carbonyl (C=O) groups excluding carboxylic acids is 1. The molecule has 0 saturated heterocycles. The van der Waals surface area contributed by atoms with Crippen LogP contribution in [0.1, 0.15) is 31.1 Å². The molecule has 4 nitrogen and oxygen atoms in total. The molecule has 0 radical (unpaired) electrons. The van der Waals surface area contributed by atoms with E-state index in [1.807, 2.05) is 19.9 Å². The highest BCUT2D eigenvalue weighted by molar-refractivity contribution is 5.97. The molecule has 2 aromatic rings. The van der Waals surface area contributed by atoms with Gasteiger partial charge in [-0.2, -0.15) is 0 Å². The second kappa shape index (κ2) is 4.64. The van der Waals surface area contributed by atoms with Crippen molar-refractivity contribution in [1.82, 2.24) is 4.98 Å². The van der Waals surface area contributed by atoms with Crippen molar-refractivity contribution in [3.8, 4) is 5.75 Å². The van der Waals surface area contributed by atoms with E-state index in [2.05, 4.69) is 4.98 Å². The first-order valence-electron chi connectivity index (χ1n) is 5.82. The standard InChI is InChI=1S/C14H15NO3/c1-8(2)18-11-4-5-13-10(6-11)7-12(9(3)16)14(17)15-13/h4-8H,1-3H3,(H,15,17). The molecule has 0 amide bonds. The zero-order chi connectivity index (χ0) is 13.3. The van der Waals surface area contributed by atoms with Crippen LogP contribution in [0.3, 0.4) is 0 Å². The molecule has 18 heavy (non-hydrogen) atoms. The van der Waals surface area contributed by atoms with Gasteiger partial charge in [-0.1, -0.05) is 0 Å². The zero-order valence-corrected chi connectivity index (χ0v) is 10.6. The first-order chi connectivity index (χ1) is 8.47. The van der Waals surface area contributed by atoms with Gasteiger partial charge in [0.2, 0.25) is 0 Å². The van der Waals surface area contributed by atoms with Crippen LogP contribution in [0.4, 0.5) is 0 Å². The SMILES string of the molecule is CC(=O)c1cc2cc(OC(C)C)ccc2[nH]c1=O. The normalized spacial score (nSPS) is 10.9. The number of nitrogens with one attached hydrogen (secondary N) is 1. The summed E-state index contributed by atoms with van der Waals surface area (Å²) in [6, 6.07) is 6.99. The number of ether oxygens (including phenoxy) is 1. The summed E-state index contributed by atoms with van der Waals surface area (Å²) in [6.45, 7) is 5.26. The molecule has 4 heteroatoms. The van der Waals surface area contributed by atoms with Crippen LogP contribution >= 0.6 is 0 Å². The minimum Gasteiger partial charge on any atom is -0.491 e. The molecule has 1 N–H and O–H groups in total. The Kier molecular flexibility index (Phi) is 3.19. The molecule has 0 spiro atoms. The maximum absolute atomic E-state index is 11.6. The predicted octanol–water partition coefficient (Wildman–Crippen LogP) is 2.52. The second-order valence-electron chi connectivity index (χ2n) is 4.48. The van der Waals surface area contributed by atoms with Gasteiger partial charge in [0.25, 0.3) is 5.56 Å². The molecule has 1 aromatic heterocycles. The first kappa shape index (κ1) is 12.4. The lowest BCUT2D eigenvalue weighted by molar-refractivity contribution is 0.101. The number of hydrogen-bond acceptors (Lipinski definition) is 3. The summed E-state index contributed by atoms with van der Waals surface area (Å²) in [7, 11) is 0. The van der Waals surface area contributed by atoms with E-state index in [1.54, 1.807) is 18.2 Å². The summed E-state index contributed by atoms with van der Waals surface area (Å²) in [6.07, 6.45) is 0.0810. The van der Waals surface area contributed by atoms with Crippen molar-refractivity contribution in [2.75, 3.05) is 0 Å². The van der Waals surface area contributed by atoms with Crippen LogP contribution in [0, 0.1) is 0 Å². The molecule has 0 unspecified atom stereocenters. The molecular weight excluding hydrogens is 230 g/mol. The van der Waals surface area contributed by atoms with Gasteiger partial charge in [0, 0.05) is 10.9 Å². The lowest BCUT2D eigenvalue weighted by Crippen LogP contribution is -2.15. The summed E-state index contributed by atoms with van der Waals surface area (Å²) in [5.74, 6) is 0.479. The molecule has 0 aliphatic heterocycles. The number of aromatic nitrogens is 1. The molecule has 0 bridgehead atoms. The average Bonchev–Trinajstić information content (AvgIpc) is 2.27. The van der Waals surface area contributed by atoms with Crippen LogP contribution in [-0.4, -0.2) is 16.9 Å². The van der Waals surface area contributed by atoms with Crippen molar-refractivity contribution in [1.29, 1.82) is 0 Å². The topological polar surface area (TPSA) is 59.2 Å². The molecule has 2 rings (SSSR count). The van der Waals surface area contributed by atoms with Gasteiger partial charge in [0.15, 0.2) is 5.78 Å². The van der Waals surface area contributed by atoms with Gasteiger partial charge >= 0.3 is 0 Å². The third kappa shape index (κ3) is 2.42. The van der Waals surface area contributed by atoms with E-state index in [1.165, 1.54) is 6.92 Å². The first-order valence-corrected chi connectivity index (χ1v) is 5.82. The molecule has 0 atom stereocenters. The van der Waals surface area contributed by atoms with E-state index in [9.17, 15) is 9.59 Å². The predicted molar refractivity (Wildman–Crippen MR) is 70.3 cm³/mol. The minimum absolute atomic E-state index is 0.0810. The van der Waals surface area contributed by atoms with E-state index in [0.29, 0.717) is 5.52 Å². The minimum atomic E-state index is -0.354. The van der Waals surface area contributed by atoms with Crippen LogP contribution < -0.4 is 10.3 Å². The number of pyridine rings is 1. The summed E-state index contributed by atoms with van der Waals surface area (Å²) >= 11 is 0. The number of rotatable bonds is 3. The van der Waals surface area contributed by atoms with E-state index < -0.39 is 0 Å². The van der Waals surface area contributed by atoms with Crippen LogP contribution in [-0.2, 0) is 0 Å². The fraction of sp³-hybridized carbons (Fsp3) is 0.286. The zero-order valence-electron chi connectivity index (χ0n) is 10.6. The fourth-order valence-electron chi connectivity index (χ4n) is 1.79. The molecule has 0 aliphatic rings. The summed E-state index contributed by atoms with van der Waals surface area (Å²) in [5.41, 5.74) is 0.512. The van der Waals surface area contributed by atoms with E-state index in [4.69, 9.17) is 4.74 Å². The van der Waals surface area contributed by atoms with Gasteiger partial charge in [-0.3, -0.25) is 9.59 Å². The quantitative estimate of drug-likeness (QED) is 0.845. The Morgan fingerprint density at radius 2 is 2.00 bits per heavy atom. The molecule has 0 aliphatic carbocycles. The van der Waals surface area contributed by atoms with E-state index in [-0.39, 0.29) is 23.0 Å². The Labute approximate surface area is 105 Å². The summed E-state index contributed by atoms with van der Waals surface area (Å²) < 4.78 is 5.58. The van der Waals surface area contributed by atoms with Crippen LogP contribution in [0.2, 0.25) is 0 Å². The van der Waals surface area contributed by atoms with Gasteiger partial charge < -0.3 is 9.72 Å². The van der Waals surface area contributed by atoms with E-state index >= 15 is 0 Å². The lowest BCUT2D eigenvalue weighted by Gasteiger charge is -2.10. The van der Waals surface area contributed by atoms with E-state index in [0.717, 1.165) is 11.1 Å². The summed E-state index contributed by atoms with van der Waals surface area (Å²) in [5, 5.41) is 0.790. The number of aromatic amines is 1. The number of benzene rings is 1. The number of Topliss-reactive ketones (excluding diaryl/α,β-unsaturated/α-hetero) is 1. The molecule has 1 aromatic carbocycles. The number of fused-ring (bicyclic) bond motifs is 1. The van der Waals surface area contributed by atoms with Crippen molar-refractivity contribution < 1.29 is 9.53 Å². The van der Waals surface area contributed by atoms with Crippen LogP contribution in [0.15, 0.2) is 29.1 Å².